The highest BCUT2D eigenvalue weighted by Crippen LogP contribution is 2.33. The Hall–Kier alpha value is -0.260. The third-order valence-corrected chi connectivity index (χ3v) is 4.26. The number of nitrogens with one attached hydrogen (secondary N) is 1. The van der Waals surface area contributed by atoms with Gasteiger partial charge in [-0.1, -0.05) is 30.7 Å². The van der Waals surface area contributed by atoms with E-state index in [1.54, 1.807) is 0 Å². The topological polar surface area (TPSA) is 12.0 Å². The smallest absolute Gasteiger partial charge is 0.310 e. The molecule has 0 aromatic heterocycles. The van der Waals surface area contributed by atoms with E-state index in [-0.39, 0.29) is 12.5 Å². The summed E-state index contributed by atoms with van der Waals surface area (Å²) >= 11 is 9.57. The molecule has 1 N–H and O–H groups in total. The van der Waals surface area contributed by atoms with Crippen molar-refractivity contribution in [1.82, 2.24) is 5.32 Å². The van der Waals surface area contributed by atoms with E-state index in [1.165, 1.54) is 0 Å². The van der Waals surface area contributed by atoms with Crippen LogP contribution in [-0.4, -0.2) is 12.7 Å². The van der Waals surface area contributed by atoms with Crippen molar-refractivity contribution < 1.29 is 13.2 Å². The van der Waals surface area contributed by atoms with E-state index in [1.807, 2.05) is 25.1 Å². The predicted octanol–water partition coefficient (Wildman–Crippen LogP) is 5.88. The van der Waals surface area contributed by atoms with Crippen molar-refractivity contribution in [1.29, 1.82) is 0 Å². The zero-order valence-corrected chi connectivity index (χ0v) is 13.6. The minimum Gasteiger partial charge on any atom is -0.310 e. The van der Waals surface area contributed by atoms with Gasteiger partial charge in [-0.2, -0.15) is 13.2 Å². The van der Waals surface area contributed by atoms with Crippen molar-refractivity contribution in [3.8, 4) is 0 Å². The highest BCUT2D eigenvalue weighted by molar-refractivity contribution is 9.10. The third-order valence-electron chi connectivity index (χ3n) is 2.95. The maximum absolute atomic E-state index is 12.2. The van der Waals surface area contributed by atoms with Crippen molar-refractivity contribution >= 4 is 27.5 Å². The molecule has 1 nitrogen and oxygen atoms in total. The molecule has 0 saturated carbocycles. The molecule has 1 aromatic carbocycles. The number of hydrogen-bond donors (Lipinski definition) is 1. The Balaban J connectivity index is 2.75. The lowest BCUT2D eigenvalue weighted by Crippen LogP contribution is -2.23. The van der Waals surface area contributed by atoms with Gasteiger partial charge in [0.05, 0.1) is 5.02 Å². The molecule has 20 heavy (non-hydrogen) atoms. The van der Waals surface area contributed by atoms with Gasteiger partial charge in [0.25, 0.3) is 0 Å². The molecule has 1 aromatic rings. The normalized spacial score (nSPS) is 13.5. The number of alkyl halides is 3. The molecule has 1 unspecified atom stereocenters. The molecule has 0 aliphatic carbocycles. The average molecular weight is 373 g/mol. The van der Waals surface area contributed by atoms with Crippen LogP contribution in [0.3, 0.4) is 0 Å². The second kappa shape index (κ2) is 8.25. The summed E-state index contributed by atoms with van der Waals surface area (Å²) in [4.78, 5) is 0. The number of hydrogen-bond acceptors (Lipinski definition) is 1. The first-order valence-electron chi connectivity index (χ1n) is 6.59. The van der Waals surface area contributed by atoms with Crippen molar-refractivity contribution in [3.05, 3.63) is 33.3 Å². The first-order valence-corrected chi connectivity index (χ1v) is 7.76. The number of halogens is 5. The summed E-state index contributed by atoms with van der Waals surface area (Å²) in [5.41, 5.74) is 0.844. The molecule has 6 heteroatoms. The molecular weight excluding hydrogens is 355 g/mol. The van der Waals surface area contributed by atoms with Gasteiger partial charge in [-0.15, -0.1) is 0 Å². The summed E-state index contributed by atoms with van der Waals surface area (Å²) in [5.74, 6) is 0. The summed E-state index contributed by atoms with van der Waals surface area (Å²) in [7, 11) is 0. The van der Waals surface area contributed by atoms with Crippen LogP contribution in [0.4, 0.5) is 13.2 Å². The summed E-state index contributed by atoms with van der Waals surface area (Å²) in [5, 5.41) is 3.83. The van der Waals surface area contributed by atoms with Gasteiger partial charge in [0, 0.05) is 16.9 Å². The molecule has 1 atom stereocenters. The fraction of sp³-hybridized carbons (Fsp3) is 0.571. The van der Waals surface area contributed by atoms with Gasteiger partial charge in [0.2, 0.25) is 0 Å². The highest BCUT2D eigenvalue weighted by Gasteiger charge is 2.27. The molecule has 114 valence electrons. The second-order valence-electron chi connectivity index (χ2n) is 4.66. The van der Waals surface area contributed by atoms with Crippen LogP contribution in [-0.2, 0) is 0 Å². The molecule has 1 rings (SSSR count). The molecule has 0 heterocycles. The maximum atomic E-state index is 12.2. The summed E-state index contributed by atoms with van der Waals surface area (Å²) in [6, 6.07) is 5.37. The Kier molecular flexibility index (Phi) is 7.34. The maximum Gasteiger partial charge on any atom is 0.389 e. The first-order chi connectivity index (χ1) is 9.35. The van der Waals surface area contributed by atoms with Crippen LogP contribution in [0.15, 0.2) is 22.7 Å². The summed E-state index contributed by atoms with van der Waals surface area (Å²) in [6.07, 6.45) is -3.44. The zero-order chi connectivity index (χ0) is 15.2. The Bertz CT molecular complexity index is 423. The van der Waals surface area contributed by atoms with Crippen LogP contribution >= 0.6 is 27.5 Å². The monoisotopic (exact) mass is 371 g/mol. The molecule has 0 radical (unpaired) electrons. The molecule has 0 spiro atoms. The molecule has 0 bridgehead atoms. The molecule has 0 aliphatic rings. The van der Waals surface area contributed by atoms with Crippen LogP contribution in [0.25, 0.3) is 0 Å². The van der Waals surface area contributed by atoms with E-state index in [4.69, 9.17) is 11.6 Å². The highest BCUT2D eigenvalue weighted by atomic mass is 79.9. The van der Waals surface area contributed by atoms with E-state index in [2.05, 4.69) is 21.2 Å². The van der Waals surface area contributed by atoms with Crippen molar-refractivity contribution in [3.63, 3.8) is 0 Å². The van der Waals surface area contributed by atoms with Crippen molar-refractivity contribution in [2.24, 2.45) is 0 Å². The van der Waals surface area contributed by atoms with E-state index >= 15 is 0 Å². The molecule has 0 amide bonds. The second-order valence-corrected chi connectivity index (χ2v) is 5.89. The van der Waals surface area contributed by atoms with Gasteiger partial charge >= 0.3 is 6.18 Å². The first kappa shape index (κ1) is 17.8. The van der Waals surface area contributed by atoms with Crippen molar-refractivity contribution in [2.45, 2.75) is 44.8 Å². The standard InChI is InChI=1S/C14H18BrClF3N/c1-2-9-20-12(7-4-8-14(17,18)19)10-5-3-6-11(15)13(10)16/h3,5-6,12,20H,2,4,7-9H2,1H3. The quantitative estimate of drug-likeness (QED) is 0.630. The lowest BCUT2D eigenvalue weighted by molar-refractivity contribution is -0.135. The SMILES string of the molecule is CCCNC(CCCC(F)(F)F)c1cccc(Br)c1Cl. The zero-order valence-electron chi connectivity index (χ0n) is 11.2. The van der Waals surface area contributed by atoms with Crippen LogP contribution < -0.4 is 5.32 Å². The number of rotatable bonds is 7. The van der Waals surface area contributed by atoms with E-state index in [0.717, 1.165) is 23.0 Å². The average Bonchev–Trinajstić information content (AvgIpc) is 2.36. The summed E-state index contributed by atoms with van der Waals surface area (Å²) < 4.78 is 37.5. The lowest BCUT2D eigenvalue weighted by atomic mass is 10.0. The van der Waals surface area contributed by atoms with Crippen LogP contribution in [0.1, 0.15) is 44.2 Å². The van der Waals surface area contributed by atoms with Gasteiger partial charge in [0.1, 0.15) is 0 Å². The Labute approximate surface area is 131 Å². The van der Waals surface area contributed by atoms with Gasteiger partial charge in [-0.25, -0.2) is 0 Å². The summed E-state index contributed by atoms with van der Waals surface area (Å²) in [6.45, 7) is 2.77. The molecular formula is C14H18BrClF3N. The lowest BCUT2D eigenvalue weighted by Gasteiger charge is -2.21. The predicted molar refractivity (Wildman–Crippen MR) is 80.1 cm³/mol. The minimum atomic E-state index is -4.10. The van der Waals surface area contributed by atoms with Crippen LogP contribution in [0.5, 0.6) is 0 Å². The van der Waals surface area contributed by atoms with E-state index in [0.29, 0.717) is 11.4 Å². The minimum absolute atomic E-state index is 0.0910. The van der Waals surface area contributed by atoms with E-state index < -0.39 is 12.6 Å². The fourth-order valence-electron chi connectivity index (χ4n) is 1.98. The molecule has 0 aliphatic heterocycles. The Morgan fingerprint density at radius 1 is 1.35 bits per heavy atom. The molecule has 0 fully saturated rings. The largest absolute Gasteiger partial charge is 0.389 e. The van der Waals surface area contributed by atoms with Gasteiger partial charge in [-0.3, -0.25) is 0 Å². The van der Waals surface area contributed by atoms with Gasteiger partial charge in [-0.05, 0) is 53.4 Å². The molecule has 0 saturated heterocycles. The van der Waals surface area contributed by atoms with Crippen LogP contribution in [0, 0.1) is 0 Å². The fourth-order valence-corrected chi connectivity index (χ4v) is 2.62. The van der Waals surface area contributed by atoms with Crippen molar-refractivity contribution in [2.75, 3.05) is 6.54 Å². The third kappa shape index (κ3) is 6.02. The van der Waals surface area contributed by atoms with Crippen LogP contribution in [0.2, 0.25) is 5.02 Å². The Morgan fingerprint density at radius 2 is 2.05 bits per heavy atom. The van der Waals surface area contributed by atoms with Gasteiger partial charge in [0.15, 0.2) is 0 Å². The van der Waals surface area contributed by atoms with Gasteiger partial charge < -0.3 is 5.32 Å². The van der Waals surface area contributed by atoms with E-state index in [9.17, 15) is 13.2 Å². The number of benzene rings is 1. The Morgan fingerprint density at radius 3 is 2.65 bits per heavy atom.